The molecule has 0 saturated carbocycles. The molecule has 0 bridgehead atoms. The van der Waals surface area contributed by atoms with Crippen molar-refractivity contribution in [3.05, 3.63) is 80.7 Å². The van der Waals surface area contributed by atoms with Gasteiger partial charge in [-0.3, -0.25) is 9.56 Å². The second-order valence-electron chi connectivity index (χ2n) is 7.94. The molecule has 4 heterocycles. The van der Waals surface area contributed by atoms with Gasteiger partial charge in [0.2, 0.25) is 0 Å². The van der Waals surface area contributed by atoms with Gasteiger partial charge < -0.3 is 4.57 Å². The third kappa shape index (κ3) is 4.05. The number of terminal acetylenes is 1. The van der Waals surface area contributed by atoms with Crippen LogP contribution in [0, 0.1) is 38.0 Å². The normalized spacial score (nSPS) is 12.1. The Kier molecular flexibility index (Phi) is 6.06. The summed E-state index contributed by atoms with van der Waals surface area (Å²) in [5.41, 5.74) is 4.93. The number of benzene rings is 1. The number of hydrogen-bond acceptors (Lipinski definition) is 5. The number of fused-ring (bicyclic) bond motifs is 3. The Balaban J connectivity index is 1.61. The van der Waals surface area contributed by atoms with E-state index in [0.29, 0.717) is 11.6 Å². The lowest BCUT2D eigenvalue weighted by Gasteiger charge is -2.09. The van der Waals surface area contributed by atoms with Gasteiger partial charge in [0.1, 0.15) is 23.1 Å². The van der Waals surface area contributed by atoms with Crippen LogP contribution >= 0.6 is 22.9 Å². The van der Waals surface area contributed by atoms with Crippen LogP contribution in [0.3, 0.4) is 0 Å². The molecule has 3 aromatic heterocycles. The van der Waals surface area contributed by atoms with Gasteiger partial charge in [-0.15, -0.1) is 33.9 Å². The number of hydrogen-bond donors (Lipinski definition) is 0. The molecule has 0 atom stereocenters. The van der Waals surface area contributed by atoms with E-state index in [4.69, 9.17) is 23.0 Å². The largest absolute Gasteiger partial charge is 0.324 e. The standard InChI is InChI=1S/C26H21ClN6S/c1-4-5-6-13-32-16-28-14-21(32)11-12-22-17(2)24-25(19-7-9-20(27)10-8-19)29-15-23-31-30-18(3)33(23)26(24)34-22/h1,7-10,14,16H,5-6,13,15H2,2-3H3. The molecule has 0 N–H and O–H groups in total. The molecule has 6 nitrogen and oxygen atoms in total. The maximum absolute atomic E-state index is 6.14. The van der Waals surface area contributed by atoms with Gasteiger partial charge >= 0.3 is 0 Å². The highest BCUT2D eigenvalue weighted by atomic mass is 35.5. The molecule has 1 aromatic carbocycles. The summed E-state index contributed by atoms with van der Waals surface area (Å²) in [7, 11) is 0. The van der Waals surface area contributed by atoms with Gasteiger partial charge in [0.15, 0.2) is 5.82 Å². The second-order valence-corrected chi connectivity index (χ2v) is 9.37. The lowest BCUT2D eigenvalue weighted by Crippen LogP contribution is -2.07. The third-order valence-corrected chi connectivity index (χ3v) is 7.14. The summed E-state index contributed by atoms with van der Waals surface area (Å²) in [6, 6.07) is 7.78. The Morgan fingerprint density at radius 2 is 1.97 bits per heavy atom. The lowest BCUT2D eigenvalue weighted by molar-refractivity contribution is 0.649. The SMILES string of the molecule is C#CCCCn1cncc1C#Cc1sc2c(c1C)C(c1ccc(Cl)cc1)=NCc1nnc(C)n1-2. The van der Waals surface area contributed by atoms with E-state index >= 15 is 0 Å². The number of rotatable bonds is 4. The molecular formula is C26H21ClN6S. The first kappa shape index (κ1) is 22.2. The van der Waals surface area contributed by atoms with Crippen LogP contribution in [-0.2, 0) is 13.1 Å². The number of nitrogens with zero attached hydrogens (tertiary/aromatic N) is 6. The maximum Gasteiger partial charge on any atom is 0.160 e. The second kappa shape index (κ2) is 9.30. The number of aromatic nitrogens is 5. The first-order valence-corrected chi connectivity index (χ1v) is 12.1. The van der Waals surface area contributed by atoms with Crippen LogP contribution in [0.2, 0.25) is 5.02 Å². The molecule has 1 aliphatic heterocycles. The number of imidazole rings is 1. The van der Waals surface area contributed by atoms with E-state index in [0.717, 1.165) is 69.0 Å². The fourth-order valence-electron chi connectivity index (χ4n) is 3.97. The average Bonchev–Trinajstić information content (AvgIpc) is 3.49. The first-order valence-electron chi connectivity index (χ1n) is 10.9. The zero-order chi connectivity index (χ0) is 23.7. The van der Waals surface area contributed by atoms with Gasteiger partial charge in [0.25, 0.3) is 0 Å². The summed E-state index contributed by atoms with van der Waals surface area (Å²) in [5.74, 6) is 11.0. The molecule has 1 aliphatic rings. The Labute approximate surface area is 207 Å². The monoisotopic (exact) mass is 484 g/mol. The van der Waals surface area contributed by atoms with Crippen molar-refractivity contribution in [2.75, 3.05) is 0 Å². The number of unbranched alkanes of at least 4 members (excludes halogenated alkanes) is 1. The molecule has 8 heteroatoms. The fraction of sp³-hybridized carbons (Fsp3) is 0.231. The van der Waals surface area contributed by atoms with Crippen LogP contribution in [0.15, 0.2) is 41.8 Å². The minimum absolute atomic E-state index is 0.456. The van der Waals surface area contributed by atoms with Crippen LogP contribution in [0.25, 0.3) is 5.00 Å². The van der Waals surface area contributed by atoms with Gasteiger partial charge in [-0.25, -0.2) is 4.98 Å². The zero-order valence-corrected chi connectivity index (χ0v) is 20.4. The van der Waals surface area contributed by atoms with Gasteiger partial charge in [-0.1, -0.05) is 23.7 Å². The molecule has 0 unspecified atom stereocenters. The summed E-state index contributed by atoms with van der Waals surface area (Å²) < 4.78 is 4.13. The minimum Gasteiger partial charge on any atom is -0.324 e. The summed E-state index contributed by atoms with van der Waals surface area (Å²) in [4.78, 5) is 10.2. The van der Waals surface area contributed by atoms with Crippen LogP contribution < -0.4 is 0 Å². The van der Waals surface area contributed by atoms with E-state index in [9.17, 15) is 0 Å². The molecule has 0 amide bonds. The molecule has 34 heavy (non-hydrogen) atoms. The van der Waals surface area contributed by atoms with Crippen LogP contribution in [-0.4, -0.2) is 30.0 Å². The van der Waals surface area contributed by atoms with Crippen LogP contribution in [0.5, 0.6) is 0 Å². The molecular weight excluding hydrogens is 464 g/mol. The predicted molar refractivity (Wildman–Crippen MR) is 136 cm³/mol. The van der Waals surface area contributed by atoms with Crippen molar-refractivity contribution in [3.63, 3.8) is 0 Å². The van der Waals surface area contributed by atoms with E-state index < -0.39 is 0 Å². The van der Waals surface area contributed by atoms with E-state index in [1.165, 1.54) is 0 Å². The number of aliphatic imine (C=N–C) groups is 1. The minimum atomic E-state index is 0.456. The van der Waals surface area contributed by atoms with Crippen molar-refractivity contribution in [2.24, 2.45) is 4.99 Å². The van der Waals surface area contributed by atoms with E-state index in [1.807, 2.05) is 35.8 Å². The highest BCUT2D eigenvalue weighted by Gasteiger charge is 2.27. The summed E-state index contributed by atoms with van der Waals surface area (Å²) in [6.07, 6.45) is 10.6. The van der Waals surface area contributed by atoms with Gasteiger partial charge in [-0.2, -0.15) is 0 Å². The van der Waals surface area contributed by atoms with Gasteiger partial charge in [-0.05, 0) is 49.8 Å². The molecule has 168 valence electrons. The Hall–Kier alpha value is -3.65. The molecule has 0 spiro atoms. The first-order chi connectivity index (χ1) is 16.6. The smallest absolute Gasteiger partial charge is 0.160 e. The van der Waals surface area contributed by atoms with Gasteiger partial charge in [0.05, 0.1) is 23.1 Å². The number of thiophene rings is 1. The fourth-order valence-corrected chi connectivity index (χ4v) is 5.33. The highest BCUT2D eigenvalue weighted by Crippen LogP contribution is 2.36. The van der Waals surface area contributed by atoms with Crippen molar-refractivity contribution in [2.45, 2.75) is 39.8 Å². The molecule has 0 fully saturated rings. The molecule has 4 aromatic rings. The van der Waals surface area contributed by atoms with Crippen LogP contribution in [0.4, 0.5) is 0 Å². The molecule has 5 rings (SSSR count). The van der Waals surface area contributed by atoms with E-state index in [2.05, 4.69) is 44.4 Å². The van der Waals surface area contributed by atoms with Gasteiger partial charge in [0, 0.05) is 29.1 Å². The maximum atomic E-state index is 6.14. The zero-order valence-electron chi connectivity index (χ0n) is 18.8. The summed E-state index contributed by atoms with van der Waals surface area (Å²) in [5, 5.41) is 10.4. The van der Waals surface area contributed by atoms with Crippen molar-refractivity contribution in [1.82, 2.24) is 24.3 Å². The van der Waals surface area contributed by atoms with Crippen molar-refractivity contribution in [3.8, 4) is 29.2 Å². The molecule has 0 aliphatic carbocycles. The number of halogens is 1. The van der Waals surface area contributed by atoms with Crippen molar-refractivity contribution < 1.29 is 0 Å². The Bertz CT molecular complexity index is 1500. The Morgan fingerprint density at radius 3 is 2.76 bits per heavy atom. The topological polar surface area (TPSA) is 60.9 Å². The highest BCUT2D eigenvalue weighted by molar-refractivity contribution is 7.15. The average molecular weight is 485 g/mol. The summed E-state index contributed by atoms with van der Waals surface area (Å²) in [6.45, 7) is 5.31. The Morgan fingerprint density at radius 1 is 1.15 bits per heavy atom. The summed E-state index contributed by atoms with van der Waals surface area (Å²) >= 11 is 7.78. The lowest BCUT2D eigenvalue weighted by atomic mass is 10.00. The predicted octanol–water partition coefficient (Wildman–Crippen LogP) is 4.96. The van der Waals surface area contributed by atoms with E-state index in [-0.39, 0.29) is 0 Å². The van der Waals surface area contributed by atoms with E-state index in [1.54, 1.807) is 23.9 Å². The van der Waals surface area contributed by atoms with Crippen molar-refractivity contribution in [1.29, 1.82) is 0 Å². The molecule has 0 saturated heterocycles. The number of aryl methyl sites for hydroxylation is 2. The van der Waals surface area contributed by atoms with Crippen molar-refractivity contribution >= 4 is 28.6 Å². The third-order valence-electron chi connectivity index (χ3n) is 5.69. The molecule has 0 radical (unpaired) electrons. The quantitative estimate of drug-likeness (QED) is 0.304. The van der Waals surface area contributed by atoms with Crippen LogP contribution in [0.1, 0.15) is 51.8 Å².